The van der Waals surface area contributed by atoms with E-state index in [0.717, 1.165) is 0 Å². The lowest BCUT2D eigenvalue weighted by Crippen LogP contribution is -2.19. The number of hydrogen-bond acceptors (Lipinski definition) is 0. The Balaban J connectivity index is 1.38. The van der Waals surface area contributed by atoms with Crippen molar-refractivity contribution in [2.24, 2.45) is 0 Å². The van der Waals surface area contributed by atoms with Crippen molar-refractivity contribution in [3.8, 4) is 22.3 Å². The molecule has 0 saturated heterocycles. The van der Waals surface area contributed by atoms with Gasteiger partial charge in [-0.2, -0.15) is 0 Å². The maximum absolute atomic E-state index is 2.58. The Morgan fingerprint density at radius 1 is 0.381 bits per heavy atom. The Kier molecular flexibility index (Phi) is 3.93. The van der Waals surface area contributed by atoms with E-state index in [1.165, 1.54) is 98.4 Å². The molecule has 0 heterocycles. The average Bonchev–Trinajstić information content (AvgIpc) is 3.38. The van der Waals surface area contributed by atoms with Crippen molar-refractivity contribution in [1.82, 2.24) is 0 Å². The van der Waals surface area contributed by atoms with Crippen LogP contribution in [0.1, 0.15) is 49.9 Å². The number of benzene rings is 8. The standard InChI is InChI=1S/C42H30/c1-41(2)33-22-34-32(39-28-14-7-5-12-26(28)27-13-6-8-15-29(27)40(39)42(34,3)4)21-31(33)38-30-19-18-24-11-9-10-23-16-17-25(20-35(38)41)37(30)36(23)24/h5-22H,1-4H3. The van der Waals surface area contributed by atoms with Crippen molar-refractivity contribution in [1.29, 1.82) is 0 Å². The number of fused-ring (bicyclic) bond motifs is 12. The summed E-state index contributed by atoms with van der Waals surface area (Å²) >= 11 is 0. The second-order valence-corrected chi connectivity index (χ2v) is 13.7. The molecule has 0 amide bonds. The molecule has 198 valence electrons. The van der Waals surface area contributed by atoms with Gasteiger partial charge >= 0.3 is 0 Å². The first kappa shape index (κ1) is 22.9. The molecular formula is C42H30. The topological polar surface area (TPSA) is 0 Å². The van der Waals surface area contributed by atoms with Crippen molar-refractivity contribution in [2.45, 2.75) is 38.5 Å². The van der Waals surface area contributed by atoms with Gasteiger partial charge in [0.1, 0.15) is 0 Å². The highest BCUT2D eigenvalue weighted by Gasteiger charge is 2.43. The van der Waals surface area contributed by atoms with Gasteiger partial charge in [-0.25, -0.2) is 0 Å². The van der Waals surface area contributed by atoms with E-state index in [4.69, 9.17) is 0 Å². The molecule has 2 aliphatic rings. The zero-order valence-electron chi connectivity index (χ0n) is 24.4. The summed E-state index contributed by atoms with van der Waals surface area (Å²) in [6.07, 6.45) is 0. The highest BCUT2D eigenvalue weighted by Crippen LogP contribution is 2.60. The van der Waals surface area contributed by atoms with Crippen LogP contribution in [0.15, 0.2) is 109 Å². The molecule has 0 radical (unpaired) electrons. The first-order chi connectivity index (χ1) is 20.4. The van der Waals surface area contributed by atoms with Crippen LogP contribution < -0.4 is 0 Å². The van der Waals surface area contributed by atoms with Crippen molar-refractivity contribution in [3.63, 3.8) is 0 Å². The van der Waals surface area contributed by atoms with Crippen LogP contribution in [0.25, 0.3) is 76.1 Å². The summed E-state index contributed by atoms with van der Waals surface area (Å²) in [5, 5.41) is 13.6. The van der Waals surface area contributed by atoms with Crippen molar-refractivity contribution in [2.75, 3.05) is 0 Å². The van der Waals surface area contributed by atoms with E-state index in [0.29, 0.717) is 0 Å². The second-order valence-electron chi connectivity index (χ2n) is 13.7. The lowest BCUT2D eigenvalue weighted by atomic mass is 9.76. The molecule has 0 heteroatoms. The van der Waals surface area contributed by atoms with Crippen LogP contribution in [-0.2, 0) is 10.8 Å². The minimum atomic E-state index is -0.0990. The van der Waals surface area contributed by atoms with Crippen LogP contribution in [0.3, 0.4) is 0 Å². The molecule has 0 N–H and O–H groups in total. The highest BCUT2D eigenvalue weighted by molar-refractivity contribution is 6.27. The van der Waals surface area contributed by atoms with Crippen LogP contribution in [0, 0.1) is 0 Å². The first-order valence-corrected chi connectivity index (χ1v) is 15.2. The molecule has 0 fully saturated rings. The molecular weight excluding hydrogens is 504 g/mol. The zero-order valence-corrected chi connectivity index (χ0v) is 24.4. The van der Waals surface area contributed by atoms with E-state index >= 15 is 0 Å². The molecule has 10 rings (SSSR count). The van der Waals surface area contributed by atoms with E-state index in [1.807, 2.05) is 0 Å². The fraction of sp³-hybridized carbons (Fsp3) is 0.143. The van der Waals surface area contributed by atoms with E-state index in [2.05, 4.69) is 137 Å². The van der Waals surface area contributed by atoms with Crippen LogP contribution in [0.2, 0.25) is 0 Å². The lowest BCUT2D eigenvalue weighted by molar-refractivity contribution is 0.642. The Morgan fingerprint density at radius 3 is 1.74 bits per heavy atom. The fourth-order valence-electron chi connectivity index (χ4n) is 8.99. The zero-order chi connectivity index (χ0) is 28.1. The van der Waals surface area contributed by atoms with Gasteiger partial charge in [-0.1, -0.05) is 125 Å². The Hall–Kier alpha value is -4.68. The summed E-state index contributed by atoms with van der Waals surface area (Å²) in [6.45, 7) is 9.74. The molecule has 42 heavy (non-hydrogen) atoms. The van der Waals surface area contributed by atoms with Gasteiger partial charge < -0.3 is 0 Å². The quantitative estimate of drug-likeness (QED) is 0.170. The van der Waals surface area contributed by atoms with Crippen LogP contribution >= 0.6 is 0 Å². The predicted octanol–water partition coefficient (Wildman–Crippen LogP) is 11.5. The van der Waals surface area contributed by atoms with Gasteiger partial charge in [0.2, 0.25) is 0 Å². The van der Waals surface area contributed by atoms with Crippen LogP contribution in [0.4, 0.5) is 0 Å². The van der Waals surface area contributed by atoms with E-state index in [1.54, 1.807) is 0 Å². The maximum Gasteiger partial charge on any atom is 0.0165 e. The minimum Gasteiger partial charge on any atom is -0.0616 e. The summed E-state index contributed by atoms with van der Waals surface area (Å²) in [5.74, 6) is 0. The van der Waals surface area contributed by atoms with Crippen molar-refractivity contribution >= 4 is 53.9 Å². The monoisotopic (exact) mass is 534 g/mol. The summed E-state index contributed by atoms with van der Waals surface area (Å²) in [6, 6.07) is 41.8. The number of hydrogen-bond donors (Lipinski definition) is 0. The molecule has 0 aliphatic heterocycles. The molecule has 0 aromatic heterocycles. The Bertz CT molecular complexity index is 2490. The lowest BCUT2D eigenvalue weighted by Gasteiger charge is -2.26. The van der Waals surface area contributed by atoms with Gasteiger partial charge in [-0.15, -0.1) is 0 Å². The molecule has 2 aliphatic carbocycles. The highest BCUT2D eigenvalue weighted by atomic mass is 14.5. The van der Waals surface area contributed by atoms with Gasteiger partial charge in [-0.05, 0) is 111 Å². The SMILES string of the molecule is CC1(C)c2cc3c(cc2-c2c1cc1ccc4cccc5ccc2c1c45)-c1c(c2ccccc2c2ccccc12)C3(C)C. The van der Waals surface area contributed by atoms with Gasteiger partial charge in [0.15, 0.2) is 0 Å². The van der Waals surface area contributed by atoms with E-state index in [9.17, 15) is 0 Å². The summed E-state index contributed by atoms with van der Waals surface area (Å²) in [7, 11) is 0. The molecule has 8 aromatic carbocycles. The summed E-state index contributed by atoms with van der Waals surface area (Å²) < 4.78 is 0. The van der Waals surface area contributed by atoms with E-state index < -0.39 is 0 Å². The third kappa shape index (κ3) is 2.49. The second kappa shape index (κ2) is 7.20. The Morgan fingerprint density at radius 2 is 0.976 bits per heavy atom. The Labute approximate surface area is 245 Å². The largest absolute Gasteiger partial charge is 0.0616 e. The van der Waals surface area contributed by atoms with Crippen LogP contribution in [-0.4, -0.2) is 0 Å². The summed E-state index contributed by atoms with van der Waals surface area (Å²) in [4.78, 5) is 0. The van der Waals surface area contributed by atoms with Gasteiger partial charge in [0.25, 0.3) is 0 Å². The molecule has 8 aromatic rings. The van der Waals surface area contributed by atoms with E-state index in [-0.39, 0.29) is 10.8 Å². The minimum absolute atomic E-state index is 0.0842. The van der Waals surface area contributed by atoms with Crippen LogP contribution in [0.5, 0.6) is 0 Å². The molecule has 0 unspecified atom stereocenters. The predicted molar refractivity (Wildman–Crippen MR) is 180 cm³/mol. The normalized spacial score (nSPS) is 16.0. The smallest absolute Gasteiger partial charge is 0.0165 e. The molecule has 0 spiro atoms. The molecule has 0 nitrogen and oxygen atoms in total. The van der Waals surface area contributed by atoms with Gasteiger partial charge in [0, 0.05) is 10.8 Å². The van der Waals surface area contributed by atoms with Gasteiger partial charge in [-0.3, -0.25) is 0 Å². The fourth-order valence-corrected chi connectivity index (χ4v) is 8.99. The average molecular weight is 535 g/mol. The van der Waals surface area contributed by atoms with Gasteiger partial charge in [0.05, 0.1) is 0 Å². The first-order valence-electron chi connectivity index (χ1n) is 15.2. The molecule has 0 atom stereocenters. The summed E-state index contributed by atoms with van der Waals surface area (Å²) in [5.41, 5.74) is 11.3. The third-order valence-electron chi connectivity index (χ3n) is 10.9. The molecule has 0 saturated carbocycles. The molecule has 0 bridgehead atoms. The number of rotatable bonds is 0. The van der Waals surface area contributed by atoms with Crippen molar-refractivity contribution < 1.29 is 0 Å². The third-order valence-corrected chi connectivity index (χ3v) is 10.9. The van der Waals surface area contributed by atoms with Crippen molar-refractivity contribution in [3.05, 3.63) is 131 Å². The maximum atomic E-state index is 2.58.